The molecule has 1 fully saturated rings. The number of hydrogen-bond donors (Lipinski definition) is 2. The quantitative estimate of drug-likeness (QED) is 0.613. The molecule has 0 radical (unpaired) electrons. The summed E-state index contributed by atoms with van der Waals surface area (Å²) in [4.78, 5) is 40.4. The van der Waals surface area contributed by atoms with Crippen LogP contribution in [0.1, 0.15) is 20.7 Å². The second-order valence-corrected chi connectivity index (χ2v) is 7.70. The van der Waals surface area contributed by atoms with E-state index >= 15 is 0 Å². The minimum absolute atomic E-state index is 0.0275. The average molecular weight is 479 g/mol. The van der Waals surface area contributed by atoms with E-state index in [9.17, 15) is 18.8 Å². The first kappa shape index (κ1) is 24.3. The lowest BCUT2D eigenvalue weighted by atomic mass is 10.1. The SMILES string of the molecule is COc1ccc(C(=O)NNC(=O)CN2CCN(C(=O)c3cc(Cl)ccc3F)CC2)cc1OC. The van der Waals surface area contributed by atoms with Crippen molar-refractivity contribution in [2.75, 3.05) is 46.9 Å². The second-order valence-electron chi connectivity index (χ2n) is 7.26. The van der Waals surface area contributed by atoms with Crippen LogP contribution >= 0.6 is 11.6 Å². The van der Waals surface area contributed by atoms with Crippen LogP contribution in [0.25, 0.3) is 0 Å². The first-order chi connectivity index (χ1) is 15.8. The predicted molar refractivity (Wildman–Crippen MR) is 119 cm³/mol. The zero-order chi connectivity index (χ0) is 24.0. The third kappa shape index (κ3) is 6.11. The van der Waals surface area contributed by atoms with Gasteiger partial charge in [0.2, 0.25) is 0 Å². The molecule has 2 N–H and O–H groups in total. The zero-order valence-corrected chi connectivity index (χ0v) is 18.9. The molecule has 11 heteroatoms. The molecule has 3 amide bonds. The molecule has 3 rings (SSSR count). The Balaban J connectivity index is 1.46. The van der Waals surface area contributed by atoms with E-state index in [0.29, 0.717) is 37.7 Å². The number of amides is 3. The summed E-state index contributed by atoms with van der Waals surface area (Å²) >= 11 is 5.87. The number of rotatable bonds is 6. The van der Waals surface area contributed by atoms with Gasteiger partial charge in [-0.3, -0.25) is 30.1 Å². The maximum Gasteiger partial charge on any atom is 0.269 e. The fourth-order valence-corrected chi connectivity index (χ4v) is 3.53. The number of nitrogens with one attached hydrogen (secondary N) is 2. The van der Waals surface area contributed by atoms with E-state index in [-0.39, 0.29) is 22.7 Å². The van der Waals surface area contributed by atoms with Crippen molar-refractivity contribution < 1.29 is 28.2 Å². The molecule has 1 aliphatic heterocycles. The molecule has 1 aliphatic rings. The standard InChI is InChI=1S/C22H24ClFN4O5/c1-32-18-6-3-14(11-19(18)33-2)21(30)26-25-20(29)13-27-7-9-28(10-8-27)22(31)16-12-15(23)4-5-17(16)24/h3-6,11-12H,7-10,13H2,1-2H3,(H,25,29)(H,26,30). The van der Waals surface area contributed by atoms with Crippen LogP contribution in [0.15, 0.2) is 36.4 Å². The highest BCUT2D eigenvalue weighted by Gasteiger charge is 2.25. The molecule has 0 atom stereocenters. The van der Waals surface area contributed by atoms with Crippen molar-refractivity contribution in [3.63, 3.8) is 0 Å². The Kier molecular flexibility index (Phi) is 8.07. The largest absolute Gasteiger partial charge is 0.493 e. The predicted octanol–water partition coefficient (Wildman–Crippen LogP) is 1.72. The molecule has 1 heterocycles. The molecule has 9 nitrogen and oxygen atoms in total. The number of piperazine rings is 1. The first-order valence-corrected chi connectivity index (χ1v) is 10.5. The van der Waals surface area contributed by atoms with E-state index < -0.39 is 23.5 Å². The van der Waals surface area contributed by atoms with Gasteiger partial charge in [0.25, 0.3) is 17.7 Å². The molecule has 0 aromatic heterocycles. The number of carbonyl (C=O) groups excluding carboxylic acids is 3. The molecule has 1 saturated heterocycles. The van der Waals surface area contributed by atoms with Crippen molar-refractivity contribution in [2.24, 2.45) is 0 Å². The number of hydrogen-bond acceptors (Lipinski definition) is 6. The number of nitrogens with zero attached hydrogens (tertiary/aromatic N) is 2. The zero-order valence-electron chi connectivity index (χ0n) is 18.2. The van der Waals surface area contributed by atoms with Crippen LogP contribution in [0, 0.1) is 5.82 Å². The number of halogens is 2. The number of benzene rings is 2. The summed E-state index contributed by atoms with van der Waals surface area (Å²) in [5.74, 6) is -1.12. The Labute approximate surface area is 195 Å². The van der Waals surface area contributed by atoms with Gasteiger partial charge in [0.05, 0.1) is 26.3 Å². The van der Waals surface area contributed by atoms with Gasteiger partial charge in [0, 0.05) is 36.8 Å². The molecular formula is C22H24ClFN4O5. The van der Waals surface area contributed by atoms with Gasteiger partial charge in [-0.05, 0) is 36.4 Å². The van der Waals surface area contributed by atoms with Crippen LogP contribution < -0.4 is 20.3 Å². The van der Waals surface area contributed by atoms with E-state index in [1.807, 2.05) is 4.90 Å². The lowest BCUT2D eigenvalue weighted by Crippen LogP contribution is -2.53. The Hall–Kier alpha value is -3.37. The Morgan fingerprint density at radius 1 is 0.970 bits per heavy atom. The molecule has 0 spiro atoms. The van der Waals surface area contributed by atoms with Crippen molar-refractivity contribution in [1.82, 2.24) is 20.7 Å². The monoisotopic (exact) mass is 478 g/mol. The van der Waals surface area contributed by atoms with Gasteiger partial charge in [-0.25, -0.2) is 4.39 Å². The maximum atomic E-state index is 14.0. The third-order valence-corrected chi connectivity index (χ3v) is 5.38. The van der Waals surface area contributed by atoms with Crippen molar-refractivity contribution in [1.29, 1.82) is 0 Å². The molecule has 2 aromatic carbocycles. The lowest BCUT2D eigenvalue weighted by molar-refractivity contribution is -0.123. The van der Waals surface area contributed by atoms with E-state index in [4.69, 9.17) is 21.1 Å². The highest BCUT2D eigenvalue weighted by atomic mass is 35.5. The number of methoxy groups -OCH3 is 2. The molecule has 0 saturated carbocycles. The van der Waals surface area contributed by atoms with Crippen molar-refractivity contribution >= 4 is 29.3 Å². The fraction of sp³-hybridized carbons (Fsp3) is 0.318. The minimum atomic E-state index is -0.628. The Bertz CT molecular complexity index is 1040. The summed E-state index contributed by atoms with van der Waals surface area (Å²) in [5.41, 5.74) is 4.94. The summed E-state index contributed by atoms with van der Waals surface area (Å²) in [6.45, 7) is 1.53. The summed E-state index contributed by atoms with van der Waals surface area (Å²) in [5, 5.41) is 0.283. The van der Waals surface area contributed by atoms with Crippen LogP contribution in [0.2, 0.25) is 5.02 Å². The molecule has 33 heavy (non-hydrogen) atoms. The van der Waals surface area contributed by atoms with Gasteiger partial charge in [-0.1, -0.05) is 11.6 Å². The van der Waals surface area contributed by atoms with Crippen LogP contribution in [0.4, 0.5) is 4.39 Å². The summed E-state index contributed by atoms with van der Waals surface area (Å²) in [6, 6.07) is 8.48. The summed E-state index contributed by atoms with van der Waals surface area (Å²) < 4.78 is 24.3. The molecular weight excluding hydrogens is 455 g/mol. The van der Waals surface area contributed by atoms with Crippen LogP contribution in [-0.2, 0) is 4.79 Å². The second kappa shape index (κ2) is 11.0. The summed E-state index contributed by atoms with van der Waals surface area (Å²) in [6.07, 6.45) is 0. The Morgan fingerprint density at radius 2 is 1.67 bits per heavy atom. The van der Waals surface area contributed by atoms with Crippen molar-refractivity contribution in [2.45, 2.75) is 0 Å². The molecule has 0 unspecified atom stereocenters. The normalized spacial score (nSPS) is 13.9. The highest BCUT2D eigenvalue weighted by Crippen LogP contribution is 2.27. The smallest absolute Gasteiger partial charge is 0.269 e. The van der Waals surface area contributed by atoms with Crippen molar-refractivity contribution in [3.05, 3.63) is 58.4 Å². The topological polar surface area (TPSA) is 100 Å². The molecule has 0 bridgehead atoms. The van der Waals surface area contributed by atoms with E-state index in [1.165, 1.54) is 37.3 Å². The molecule has 2 aromatic rings. The van der Waals surface area contributed by atoms with Crippen molar-refractivity contribution in [3.8, 4) is 11.5 Å². The van der Waals surface area contributed by atoms with Gasteiger partial charge in [0.15, 0.2) is 11.5 Å². The molecule has 0 aliphatic carbocycles. The van der Waals surface area contributed by atoms with Gasteiger partial charge in [0.1, 0.15) is 5.82 Å². The Morgan fingerprint density at radius 3 is 2.33 bits per heavy atom. The van der Waals surface area contributed by atoms with E-state index in [0.717, 1.165) is 6.07 Å². The number of carbonyl (C=O) groups is 3. The molecule has 176 valence electrons. The average Bonchev–Trinajstić information content (AvgIpc) is 2.83. The lowest BCUT2D eigenvalue weighted by Gasteiger charge is -2.34. The van der Waals surface area contributed by atoms with E-state index in [2.05, 4.69) is 10.9 Å². The van der Waals surface area contributed by atoms with Gasteiger partial charge in [-0.15, -0.1) is 0 Å². The number of hydrazine groups is 1. The van der Waals surface area contributed by atoms with Gasteiger partial charge in [-0.2, -0.15) is 0 Å². The number of ether oxygens (including phenoxy) is 2. The van der Waals surface area contributed by atoms with Crippen LogP contribution in [-0.4, -0.2) is 74.5 Å². The van der Waals surface area contributed by atoms with Crippen LogP contribution in [0.5, 0.6) is 11.5 Å². The third-order valence-electron chi connectivity index (χ3n) is 5.15. The van der Waals surface area contributed by atoms with Gasteiger partial charge >= 0.3 is 0 Å². The minimum Gasteiger partial charge on any atom is -0.493 e. The first-order valence-electron chi connectivity index (χ1n) is 10.1. The maximum absolute atomic E-state index is 14.0. The summed E-state index contributed by atoms with van der Waals surface area (Å²) in [7, 11) is 2.95. The van der Waals surface area contributed by atoms with E-state index in [1.54, 1.807) is 12.1 Å². The van der Waals surface area contributed by atoms with Crippen LogP contribution in [0.3, 0.4) is 0 Å². The highest BCUT2D eigenvalue weighted by molar-refractivity contribution is 6.31. The van der Waals surface area contributed by atoms with Gasteiger partial charge < -0.3 is 14.4 Å². The fourth-order valence-electron chi connectivity index (χ4n) is 3.36.